The van der Waals surface area contributed by atoms with Gasteiger partial charge in [-0.3, -0.25) is 19.2 Å². The monoisotopic (exact) mass is 461 g/mol. The zero-order valence-corrected chi connectivity index (χ0v) is 19.4. The molecule has 5 rings (SSSR count). The molecule has 0 aliphatic carbocycles. The Kier molecular flexibility index (Phi) is 5.74. The SMILES string of the molecule is CC[C@H]1C[C@@H](n2c(=O)nc(C(C=NC)=CN)c3oc4cnc(-c5cnn(C)c5)cc4c32)CCO1. The highest BCUT2D eigenvalue weighted by molar-refractivity contribution is 6.15. The molecule has 1 aliphatic rings. The quantitative estimate of drug-likeness (QED) is 0.453. The molecule has 0 radical (unpaired) electrons. The molecular formula is C24H27N7O3. The Hall–Kier alpha value is -3.79. The maximum Gasteiger partial charge on any atom is 0.349 e. The highest BCUT2D eigenvalue weighted by atomic mass is 16.5. The van der Waals surface area contributed by atoms with Crippen LogP contribution in [0.15, 0.2) is 45.1 Å². The number of nitrogens with zero attached hydrogens (tertiary/aromatic N) is 6. The number of aromatic nitrogens is 5. The van der Waals surface area contributed by atoms with Gasteiger partial charge in [0.25, 0.3) is 0 Å². The maximum absolute atomic E-state index is 13.5. The van der Waals surface area contributed by atoms with Gasteiger partial charge in [0, 0.05) is 61.9 Å². The molecule has 1 saturated heterocycles. The van der Waals surface area contributed by atoms with Crippen molar-refractivity contribution in [1.29, 1.82) is 0 Å². The molecule has 2 N–H and O–H groups in total. The van der Waals surface area contributed by atoms with Crippen LogP contribution >= 0.6 is 0 Å². The summed E-state index contributed by atoms with van der Waals surface area (Å²) in [6.45, 7) is 2.68. The second-order valence-corrected chi connectivity index (χ2v) is 8.45. The van der Waals surface area contributed by atoms with E-state index in [2.05, 4.69) is 27.0 Å². The third-order valence-corrected chi connectivity index (χ3v) is 6.30. The molecule has 1 aliphatic heterocycles. The zero-order valence-electron chi connectivity index (χ0n) is 19.4. The number of rotatable bonds is 5. The Bertz CT molecular complexity index is 1480. The van der Waals surface area contributed by atoms with E-state index < -0.39 is 0 Å². The fourth-order valence-electron chi connectivity index (χ4n) is 4.63. The molecule has 5 heterocycles. The van der Waals surface area contributed by atoms with Crippen LogP contribution in [0.25, 0.3) is 38.9 Å². The molecule has 34 heavy (non-hydrogen) atoms. The van der Waals surface area contributed by atoms with Gasteiger partial charge in [0.05, 0.1) is 24.2 Å². The van der Waals surface area contributed by atoms with Gasteiger partial charge < -0.3 is 14.9 Å². The third-order valence-electron chi connectivity index (χ3n) is 6.30. The summed E-state index contributed by atoms with van der Waals surface area (Å²) in [7, 11) is 3.49. The molecule has 0 saturated carbocycles. The normalized spacial score (nSPS) is 19.6. The molecule has 0 bridgehead atoms. The number of nitrogens with two attached hydrogens (primary N) is 1. The molecule has 4 aromatic heterocycles. The number of aliphatic imine (C=N–C) groups is 1. The van der Waals surface area contributed by atoms with Crippen molar-refractivity contribution in [2.75, 3.05) is 13.7 Å². The van der Waals surface area contributed by atoms with Crippen LogP contribution in [0.4, 0.5) is 0 Å². The minimum Gasteiger partial charge on any atom is -0.450 e. The van der Waals surface area contributed by atoms with Crippen LogP contribution in [0, 0.1) is 0 Å². The van der Waals surface area contributed by atoms with Gasteiger partial charge in [-0.05, 0) is 25.3 Å². The first kappa shape index (κ1) is 22.0. The van der Waals surface area contributed by atoms with Gasteiger partial charge in [0.2, 0.25) is 0 Å². The van der Waals surface area contributed by atoms with E-state index in [1.165, 1.54) is 6.20 Å². The molecular weight excluding hydrogens is 434 g/mol. The second kappa shape index (κ2) is 8.86. The Morgan fingerprint density at radius 2 is 2.24 bits per heavy atom. The van der Waals surface area contributed by atoms with E-state index in [1.54, 1.807) is 34.9 Å². The lowest BCUT2D eigenvalue weighted by atomic mass is 10.0. The summed E-state index contributed by atoms with van der Waals surface area (Å²) in [5, 5.41) is 5.04. The Balaban J connectivity index is 1.82. The lowest BCUT2D eigenvalue weighted by Crippen LogP contribution is -2.34. The maximum atomic E-state index is 13.5. The van der Waals surface area contributed by atoms with Gasteiger partial charge in [0.1, 0.15) is 11.2 Å². The molecule has 10 heteroatoms. The highest BCUT2D eigenvalue weighted by Gasteiger charge is 2.29. The number of hydrogen-bond acceptors (Lipinski definition) is 8. The molecule has 4 aromatic rings. The van der Waals surface area contributed by atoms with Crippen LogP contribution in [-0.2, 0) is 11.8 Å². The van der Waals surface area contributed by atoms with Crippen LogP contribution in [-0.4, -0.2) is 50.3 Å². The van der Waals surface area contributed by atoms with Crippen molar-refractivity contribution in [3.05, 3.63) is 47.0 Å². The van der Waals surface area contributed by atoms with E-state index in [9.17, 15) is 4.79 Å². The van der Waals surface area contributed by atoms with Gasteiger partial charge in [-0.25, -0.2) is 4.79 Å². The standard InChI is InChI=1S/C24H27N7O3/c1-4-17-7-16(5-6-33-17)31-22-18-8-19(15-11-28-30(3)13-15)27-12-20(18)34-23(22)21(29-24(31)32)14(9-25)10-26-2/h8-13,16-17H,4-7,25H2,1-3H3/t16-,17-/m0/s1. The zero-order chi connectivity index (χ0) is 23.8. The van der Waals surface area contributed by atoms with Crippen molar-refractivity contribution >= 4 is 33.9 Å². The Labute approximate surface area is 195 Å². The van der Waals surface area contributed by atoms with E-state index >= 15 is 0 Å². The molecule has 0 unspecified atom stereocenters. The predicted molar refractivity (Wildman–Crippen MR) is 131 cm³/mol. The average molecular weight is 462 g/mol. The van der Waals surface area contributed by atoms with E-state index in [1.807, 2.05) is 19.3 Å². The molecule has 1 fully saturated rings. The average Bonchev–Trinajstić information content (AvgIpc) is 3.45. The number of fused-ring (bicyclic) bond motifs is 3. The fourth-order valence-corrected chi connectivity index (χ4v) is 4.63. The summed E-state index contributed by atoms with van der Waals surface area (Å²) in [6.07, 6.45) is 10.7. The van der Waals surface area contributed by atoms with E-state index in [4.69, 9.17) is 14.9 Å². The number of ether oxygens (including phenoxy) is 1. The summed E-state index contributed by atoms with van der Waals surface area (Å²) in [4.78, 5) is 26.5. The second-order valence-electron chi connectivity index (χ2n) is 8.45. The minimum absolute atomic E-state index is 0.0591. The van der Waals surface area contributed by atoms with Crippen LogP contribution in [0.2, 0.25) is 0 Å². The minimum atomic E-state index is -0.351. The first-order valence-electron chi connectivity index (χ1n) is 11.3. The smallest absolute Gasteiger partial charge is 0.349 e. The summed E-state index contributed by atoms with van der Waals surface area (Å²) in [6, 6.07) is 1.88. The molecule has 2 atom stereocenters. The summed E-state index contributed by atoms with van der Waals surface area (Å²) in [5.74, 6) is 0. The van der Waals surface area contributed by atoms with Crippen molar-refractivity contribution < 1.29 is 9.15 Å². The Morgan fingerprint density at radius 3 is 2.94 bits per heavy atom. The van der Waals surface area contributed by atoms with Crippen LogP contribution in [0.3, 0.4) is 0 Å². The first-order chi connectivity index (χ1) is 16.5. The number of hydrogen-bond donors (Lipinski definition) is 1. The molecule has 176 valence electrons. The van der Waals surface area contributed by atoms with E-state index in [0.29, 0.717) is 34.6 Å². The van der Waals surface area contributed by atoms with Crippen molar-refractivity contribution in [3.63, 3.8) is 0 Å². The molecule has 0 aromatic carbocycles. The van der Waals surface area contributed by atoms with Crippen LogP contribution < -0.4 is 11.4 Å². The summed E-state index contributed by atoms with van der Waals surface area (Å²) >= 11 is 0. The predicted octanol–water partition coefficient (Wildman–Crippen LogP) is 3.07. The number of pyridine rings is 1. The molecule has 0 spiro atoms. The fraction of sp³-hybridized carbons (Fsp3) is 0.375. The topological polar surface area (TPSA) is 126 Å². The van der Waals surface area contributed by atoms with E-state index in [0.717, 1.165) is 35.9 Å². The van der Waals surface area contributed by atoms with Crippen LogP contribution in [0.1, 0.15) is 37.9 Å². The van der Waals surface area contributed by atoms with Crippen LogP contribution in [0.5, 0.6) is 0 Å². The largest absolute Gasteiger partial charge is 0.450 e. The van der Waals surface area contributed by atoms with Gasteiger partial charge >= 0.3 is 5.69 Å². The van der Waals surface area contributed by atoms with Crippen molar-refractivity contribution in [1.82, 2.24) is 24.3 Å². The van der Waals surface area contributed by atoms with Gasteiger partial charge in [0.15, 0.2) is 11.2 Å². The lowest BCUT2D eigenvalue weighted by molar-refractivity contribution is -0.00711. The lowest BCUT2D eigenvalue weighted by Gasteiger charge is -2.30. The van der Waals surface area contributed by atoms with Gasteiger partial charge in [-0.15, -0.1) is 0 Å². The van der Waals surface area contributed by atoms with Gasteiger partial charge in [-0.2, -0.15) is 10.1 Å². The van der Waals surface area contributed by atoms with E-state index in [-0.39, 0.29) is 17.8 Å². The molecule has 10 nitrogen and oxygen atoms in total. The number of furan rings is 1. The highest BCUT2D eigenvalue weighted by Crippen LogP contribution is 2.36. The molecule has 0 amide bonds. The third kappa shape index (κ3) is 3.69. The summed E-state index contributed by atoms with van der Waals surface area (Å²) in [5.41, 5.74) is 9.73. The van der Waals surface area contributed by atoms with Crippen molar-refractivity contribution in [2.24, 2.45) is 17.8 Å². The Morgan fingerprint density at radius 1 is 1.38 bits per heavy atom. The van der Waals surface area contributed by atoms with Gasteiger partial charge in [-0.1, -0.05) is 6.92 Å². The first-order valence-corrected chi connectivity index (χ1v) is 11.3. The summed E-state index contributed by atoms with van der Waals surface area (Å²) < 4.78 is 15.6. The van der Waals surface area contributed by atoms with Crippen molar-refractivity contribution in [2.45, 2.75) is 38.3 Å². The number of aryl methyl sites for hydroxylation is 1. The number of allylic oxidation sites excluding steroid dienone is 1. The van der Waals surface area contributed by atoms with Crippen molar-refractivity contribution in [3.8, 4) is 11.3 Å².